The van der Waals surface area contributed by atoms with Crippen molar-refractivity contribution in [2.24, 2.45) is 11.7 Å². The van der Waals surface area contributed by atoms with E-state index in [-0.39, 0.29) is 0 Å². The molecule has 1 heterocycles. The zero-order valence-electron chi connectivity index (χ0n) is 10.6. The molecular weight excluding hydrogens is 246 g/mol. The minimum atomic E-state index is 0.312. The minimum absolute atomic E-state index is 0.312. The summed E-state index contributed by atoms with van der Waals surface area (Å²) in [6.07, 6.45) is 2.35. The summed E-state index contributed by atoms with van der Waals surface area (Å²) in [6, 6.07) is 8.03. The van der Waals surface area contributed by atoms with E-state index in [1.807, 2.05) is 12.1 Å². The zero-order chi connectivity index (χ0) is 13.1. The third-order valence-corrected chi connectivity index (χ3v) is 3.98. The molecule has 2 rings (SSSR count). The van der Waals surface area contributed by atoms with Crippen LogP contribution in [0.2, 0.25) is 5.02 Å². The lowest BCUT2D eigenvalue weighted by Crippen LogP contribution is -2.49. The number of hydrogen-bond donors (Lipinski definition) is 1. The Balaban J connectivity index is 2.38. The predicted molar refractivity (Wildman–Crippen MR) is 74.8 cm³/mol. The molecule has 1 aliphatic rings. The first kappa shape index (κ1) is 13.2. The van der Waals surface area contributed by atoms with E-state index < -0.39 is 0 Å². The molecular formula is C14H18ClN3. The van der Waals surface area contributed by atoms with Gasteiger partial charge in [-0.15, -0.1) is 0 Å². The maximum atomic E-state index is 9.23. The monoisotopic (exact) mass is 263 g/mol. The van der Waals surface area contributed by atoms with Gasteiger partial charge in [0.05, 0.1) is 11.3 Å². The van der Waals surface area contributed by atoms with Crippen molar-refractivity contribution in [3.8, 4) is 6.07 Å². The maximum absolute atomic E-state index is 9.23. The summed E-state index contributed by atoms with van der Waals surface area (Å²) < 4.78 is 0. The van der Waals surface area contributed by atoms with E-state index in [2.05, 4.69) is 17.9 Å². The highest BCUT2D eigenvalue weighted by atomic mass is 35.5. The van der Waals surface area contributed by atoms with Crippen LogP contribution in [0.25, 0.3) is 0 Å². The molecule has 0 aromatic heterocycles. The van der Waals surface area contributed by atoms with E-state index in [0.717, 1.165) is 18.7 Å². The molecule has 4 heteroatoms. The second kappa shape index (κ2) is 5.60. The molecule has 0 aliphatic carbocycles. The summed E-state index contributed by atoms with van der Waals surface area (Å²) in [4.78, 5) is 2.27. The van der Waals surface area contributed by atoms with Crippen LogP contribution < -0.4 is 10.6 Å². The van der Waals surface area contributed by atoms with E-state index in [4.69, 9.17) is 17.3 Å². The van der Waals surface area contributed by atoms with Gasteiger partial charge in [0.1, 0.15) is 6.07 Å². The van der Waals surface area contributed by atoms with Gasteiger partial charge in [0.15, 0.2) is 0 Å². The average Bonchev–Trinajstić information content (AvgIpc) is 2.38. The van der Waals surface area contributed by atoms with Gasteiger partial charge in [-0.05, 0) is 37.0 Å². The molecule has 0 saturated carbocycles. The fourth-order valence-corrected chi connectivity index (χ4v) is 2.93. The normalized spacial score (nSPS) is 23.8. The van der Waals surface area contributed by atoms with E-state index in [0.29, 0.717) is 29.1 Å². The molecule has 3 nitrogen and oxygen atoms in total. The number of hydrogen-bond acceptors (Lipinski definition) is 3. The van der Waals surface area contributed by atoms with Gasteiger partial charge in [0.2, 0.25) is 0 Å². The second-order valence-electron chi connectivity index (χ2n) is 4.89. The largest absolute Gasteiger partial charge is 0.366 e. The van der Waals surface area contributed by atoms with Crippen molar-refractivity contribution >= 4 is 17.3 Å². The SMILES string of the molecule is CC1CCCN(c2ccc(Cl)cc2C#N)C1CN. The number of nitriles is 1. The number of benzene rings is 1. The van der Waals surface area contributed by atoms with Crippen molar-refractivity contribution in [2.75, 3.05) is 18.0 Å². The Labute approximate surface area is 113 Å². The summed E-state index contributed by atoms with van der Waals surface area (Å²) in [6.45, 7) is 3.81. The Morgan fingerprint density at radius 3 is 3.00 bits per heavy atom. The van der Waals surface area contributed by atoms with Crippen LogP contribution in [-0.4, -0.2) is 19.1 Å². The van der Waals surface area contributed by atoms with Crippen LogP contribution >= 0.6 is 11.6 Å². The van der Waals surface area contributed by atoms with Gasteiger partial charge in [-0.2, -0.15) is 5.26 Å². The summed E-state index contributed by atoms with van der Waals surface area (Å²) >= 11 is 5.94. The Hall–Kier alpha value is -1.24. The molecule has 2 atom stereocenters. The summed E-state index contributed by atoms with van der Waals surface area (Å²) in [5.74, 6) is 0.561. The Bertz CT molecular complexity index is 467. The van der Waals surface area contributed by atoms with Crippen molar-refractivity contribution in [3.05, 3.63) is 28.8 Å². The number of halogens is 1. The molecule has 1 fully saturated rings. The van der Waals surface area contributed by atoms with Gasteiger partial charge in [-0.1, -0.05) is 18.5 Å². The smallest absolute Gasteiger partial charge is 0.101 e. The third-order valence-electron chi connectivity index (χ3n) is 3.75. The van der Waals surface area contributed by atoms with Gasteiger partial charge < -0.3 is 10.6 Å². The lowest BCUT2D eigenvalue weighted by molar-refractivity contribution is 0.350. The molecule has 0 bridgehead atoms. The van der Waals surface area contributed by atoms with Crippen molar-refractivity contribution in [3.63, 3.8) is 0 Å². The summed E-state index contributed by atoms with van der Waals surface area (Å²) in [5.41, 5.74) is 7.49. The van der Waals surface area contributed by atoms with Gasteiger partial charge in [0.25, 0.3) is 0 Å². The van der Waals surface area contributed by atoms with Crippen LogP contribution in [-0.2, 0) is 0 Å². The molecule has 1 saturated heterocycles. The lowest BCUT2D eigenvalue weighted by Gasteiger charge is -2.41. The Kier molecular flexibility index (Phi) is 4.11. The van der Waals surface area contributed by atoms with Gasteiger partial charge >= 0.3 is 0 Å². The molecule has 0 radical (unpaired) electrons. The van der Waals surface area contributed by atoms with E-state index in [1.54, 1.807) is 6.07 Å². The molecule has 0 spiro atoms. The van der Waals surface area contributed by atoms with Crippen LogP contribution in [0.1, 0.15) is 25.3 Å². The predicted octanol–water partition coefficient (Wildman–Crippen LogP) is 2.78. The molecule has 18 heavy (non-hydrogen) atoms. The van der Waals surface area contributed by atoms with Crippen molar-refractivity contribution < 1.29 is 0 Å². The van der Waals surface area contributed by atoms with Crippen LogP contribution in [0.3, 0.4) is 0 Å². The number of piperidine rings is 1. The second-order valence-corrected chi connectivity index (χ2v) is 5.33. The summed E-state index contributed by atoms with van der Waals surface area (Å²) in [5, 5.41) is 9.83. The topological polar surface area (TPSA) is 53.0 Å². The fourth-order valence-electron chi connectivity index (χ4n) is 2.76. The molecule has 1 aliphatic heterocycles. The molecule has 0 amide bonds. The lowest BCUT2D eigenvalue weighted by atomic mass is 9.90. The number of anilines is 1. The molecule has 2 N–H and O–H groups in total. The molecule has 2 unspecified atom stereocenters. The molecule has 1 aromatic carbocycles. The van der Waals surface area contributed by atoms with E-state index >= 15 is 0 Å². The van der Waals surface area contributed by atoms with Crippen LogP contribution in [0.15, 0.2) is 18.2 Å². The number of nitrogens with two attached hydrogens (primary N) is 1. The quantitative estimate of drug-likeness (QED) is 0.893. The highest BCUT2D eigenvalue weighted by Gasteiger charge is 2.28. The molecule has 1 aromatic rings. The minimum Gasteiger partial charge on any atom is -0.366 e. The third kappa shape index (κ3) is 2.45. The Morgan fingerprint density at radius 2 is 2.33 bits per heavy atom. The fraction of sp³-hybridized carbons (Fsp3) is 0.500. The van der Waals surface area contributed by atoms with Gasteiger partial charge in [-0.25, -0.2) is 0 Å². The standard InChI is InChI=1S/C14H18ClN3/c1-10-3-2-6-18(14(10)9-17)13-5-4-12(15)7-11(13)8-16/h4-5,7,10,14H,2-3,6,9,17H2,1H3. The Morgan fingerprint density at radius 1 is 1.56 bits per heavy atom. The zero-order valence-corrected chi connectivity index (χ0v) is 11.3. The average molecular weight is 264 g/mol. The van der Waals surface area contributed by atoms with Crippen molar-refractivity contribution in [1.82, 2.24) is 0 Å². The first-order valence-corrected chi connectivity index (χ1v) is 6.71. The first-order chi connectivity index (χ1) is 8.67. The highest BCUT2D eigenvalue weighted by molar-refractivity contribution is 6.30. The summed E-state index contributed by atoms with van der Waals surface area (Å²) in [7, 11) is 0. The van der Waals surface area contributed by atoms with Crippen LogP contribution in [0, 0.1) is 17.2 Å². The van der Waals surface area contributed by atoms with Crippen molar-refractivity contribution in [2.45, 2.75) is 25.8 Å². The number of rotatable bonds is 2. The van der Waals surface area contributed by atoms with Gasteiger partial charge in [-0.3, -0.25) is 0 Å². The van der Waals surface area contributed by atoms with Gasteiger partial charge in [0, 0.05) is 24.2 Å². The first-order valence-electron chi connectivity index (χ1n) is 6.33. The number of nitrogens with zero attached hydrogens (tertiary/aromatic N) is 2. The van der Waals surface area contributed by atoms with Crippen LogP contribution in [0.5, 0.6) is 0 Å². The van der Waals surface area contributed by atoms with Crippen LogP contribution in [0.4, 0.5) is 5.69 Å². The van der Waals surface area contributed by atoms with E-state index in [9.17, 15) is 5.26 Å². The van der Waals surface area contributed by atoms with E-state index in [1.165, 1.54) is 6.42 Å². The molecule has 96 valence electrons. The maximum Gasteiger partial charge on any atom is 0.101 e. The highest BCUT2D eigenvalue weighted by Crippen LogP contribution is 2.31. The van der Waals surface area contributed by atoms with Crippen molar-refractivity contribution in [1.29, 1.82) is 5.26 Å².